The van der Waals surface area contributed by atoms with Crippen molar-refractivity contribution in [2.24, 2.45) is 0 Å². The molecular weight excluding hydrogens is 284 g/mol. The molecule has 0 atom stereocenters. The van der Waals surface area contributed by atoms with E-state index in [0.717, 1.165) is 16.3 Å². The van der Waals surface area contributed by atoms with Crippen LogP contribution in [-0.2, 0) is 12.8 Å². The van der Waals surface area contributed by atoms with Gasteiger partial charge in [-0.15, -0.1) is 0 Å². The van der Waals surface area contributed by atoms with E-state index in [9.17, 15) is 20.2 Å². The second-order valence-corrected chi connectivity index (χ2v) is 5.34. The topological polar surface area (TPSA) is 86.3 Å². The molecule has 0 aliphatic heterocycles. The first kappa shape index (κ1) is 15.9. The number of nitrogens with zero attached hydrogens (tertiary/aromatic N) is 2. The first-order valence-corrected chi connectivity index (χ1v) is 7.20. The Hall–Kier alpha value is -2.50. The van der Waals surface area contributed by atoms with Crippen LogP contribution >= 0.6 is 0 Å². The van der Waals surface area contributed by atoms with Gasteiger partial charge >= 0.3 is 0 Å². The minimum Gasteiger partial charge on any atom is -0.258 e. The van der Waals surface area contributed by atoms with Gasteiger partial charge in [-0.05, 0) is 48.6 Å². The maximum absolute atomic E-state index is 11.4. The molecule has 0 heterocycles. The Labute approximate surface area is 128 Å². The van der Waals surface area contributed by atoms with Crippen LogP contribution in [0.1, 0.15) is 36.1 Å². The molecule has 0 radical (unpaired) electrons. The second kappa shape index (κ2) is 5.71. The zero-order valence-corrected chi connectivity index (χ0v) is 13.1. The first-order valence-electron chi connectivity index (χ1n) is 7.20. The van der Waals surface area contributed by atoms with Crippen LogP contribution in [0.4, 0.5) is 11.4 Å². The minimum atomic E-state index is -0.395. The molecule has 0 amide bonds. The number of fused-ring (bicyclic) bond motifs is 1. The normalized spacial score (nSPS) is 10.9. The smallest absolute Gasteiger partial charge is 0.258 e. The third-order valence-electron chi connectivity index (χ3n) is 4.13. The van der Waals surface area contributed by atoms with Crippen LogP contribution in [0.5, 0.6) is 0 Å². The highest BCUT2D eigenvalue weighted by Gasteiger charge is 2.24. The zero-order chi connectivity index (χ0) is 16.6. The van der Waals surface area contributed by atoms with Crippen LogP contribution in [0.3, 0.4) is 0 Å². The summed E-state index contributed by atoms with van der Waals surface area (Å²) in [6.07, 6.45) is 1.09. The lowest BCUT2D eigenvalue weighted by molar-refractivity contribution is -0.385. The van der Waals surface area contributed by atoms with Gasteiger partial charge in [-0.3, -0.25) is 20.2 Å². The fourth-order valence-corrected chi connectivity index (χ4v) is 3.13. The Morgan fingerprint density at radius 1 is 0.909 bits per heavy atom. The van der Waals surface area contributed by atoms with Crippen molar-refractivity contribution in [3.05, 3.63) is 54.6 Å². The molecule has 2 aromatic carbocycles. The predicted molar refractivity (Wildman–Crippen MR) is 85.5 cm³/mol. The maximum Gasteiger partial charge on any atom is 0.273 e. The highest BCUT2D eigenvalue weighted by Crippen LogP contribution is 2.39. The first-order chi connectivity index (χ1) is 10.3. The van der Waals surface area contributed by atoms with Crippen LogP contribution in [-0.4, -0.2) is 9.85 Å². The van der Waals surface area contributed by atoms with Gasteiger partial charge in [0.15, 0.2) is 0 Å². The molecule has 2 aromatic rings. The molecule has 0 saturated carbocycles. The summed E-state index contributed by atoms with van der Waals surface area (Å²) in [5, 5.41) is 24.2. The average Bonchev–Trinajstić information content (AvgIpc) is 2.48. The van der Waals surface area contributed by atoms with Crippen LogP contribution in [0, 0.1) is 34.1 Å². The second-order valence-electron chi connectivity index (χ2n) is 5.34. The third-order valence-corrected chi connectivity index (χ3v) is 4.13. The molecule has 0 fully saturated rings. The van der Waals surface area contributed by atoms with Gasteiger partial charge < -0.3 is 0 Å². The molecule has 0 unspecified atom stereocenters. The van der Waals surface area contributed by atoms with Crippen LogP contribution in [0.2, 0.25) is 0 Å². The van der Waals surface area contributed by atoms with E-state index in [4.69, 9.17) is 0 Å². The van der Waals surface area contributed by atoms with E-state index in [1.807, 2.05) is 13.8 Å². The summed E-state index contributed by atoms with van der Waals surface area (Å²) < 4.78 is 0. The van der Waals surface area contributed by atoms with Crippen LogP contribution < -0.4 is 0 Å². The van der Waals surface area contributed by atoms with Gasteiger partial charge in [-0.25, -0.2) is 0 Å². The molecule has 6 heteroatoms. The summed E-state index contributed by atoms with van der Waals surface area (Å²) in [4.78, 5) is 21.8. The Morgan fingerprint density at radius 2 is 1.50 bits per heavy atom. The van der Waals surface area contributed by atoms with Crippen LogP contribution in [0.25, 0.3) is 10.8 Å². The minimum absolute atomic E-state index is 0.0654. The number of nitro benzene ring substituents is 2. The van der Waals surface area contributed by atoms with Gasteiger partial charge in [0.1, 0.15) is 0 Å². The van der Waals surface area contributed by atoms with Gasteiger partial charge in [0.25, 0.3) is 11.4 Å². The molecule has 0 aliphatic carbocycles. The summed E-state index contributed by atoms with van der Waals surface area (Å²) in [5.74, 6) is 0. The number of hydrogen-bond acceptors (Lipinski definition) is 4. The number of hydrogen-bond donors (Lipinski definition) is 0. The Bertz CT molecular complexity index is 797. The van der Waals surface area contributed by atoms with Gasteiger partial charge in [-0.2, -0.15) is 0 Å². The Balaban J connectivity index is 3.10. The molecule has 0 saturated heterocycles. The summed E-state index contributed by atoms with van der Waals surface area (Å²) in [5.41, 5.74) is 2.88. The van der Waals surface area contributed by atoms with Crippen molar-refractivity contribution in [2.75, 3.05) is 0 Å². The lowest BCUT2D eigenvalue weighted by atomic mass is 9.89. The maximum atomic E-state index is 11.4. The SMILES string of the molecule is CCc1cc([N+](=O)[O-])c(CC)c2c(C)cc([N+](=O)[O-])c(C)c12. The van der Waals surface area contributed by atoms with Crippen molar-refractivity contribution in [3.8, 4) is 0 Å². The Kier molecular flexibility index (Phi) is 4.12. The lowest BCUT2D eigenvalue weighted by Gasteiger charge is -2.15. The average molecular weight is 302 g/mol. The van der Waals surface area contributed by atoms with Crippen molar-refractivity contribution in [2.45, 2.75) is 40.5 Å². The summed E-state index contributed by atoms with van der Waals surface area (Å²) in [7, 11) is 0. The van der Waals surface area contributed by atoms with E-state index in [1.165, 1.54) is 6.07 Å². The summed E-state index contributed by atoms with van der Waals surface area (Å²) in [6, 6.07) is 3.08. The quantitative estimate of drug-likeness (QED) is 0.618. The molecule has 0 bridgehead atoms. The molecule has 0 N–H and O–H groups in total. The largest absolute Gasteiger partial charge is 0.273 e. The van der Waals surface area contributed by atoms with Crippen LogP contribution in [0.15, 0.2) is 12.1 Å². The van der Waals surface area contributed by atoms with Gasteiger partial charge in [-0.1, -0.05) is 13.8 Å². The van der Waals surface area contributed by atoms with E-state index < -0.39 is 4.92 Å². The van der Waals surface area contributed by atoms with Crippen molar-refractivity contribution in [1.29, 1.82) is 0 Å². The highest BCUT2D eigenvalue weighted by atomic mass is 16.6. The molecule has 2 rings (SSSR count). The molecular formula is C16H18N2O4. The van der Waals surface area contributed by atoms with Crippen molar-refractivity contribution in [3.63, 3.8) is 0 Å². The molecule has 0 aromatic heterocycles. The fraction of sp³-hybridized carbons (Fsp3) is 0.375. The molecule has 22 heavy (non-hydrogen) atoms. The summed E-state index contributed by atoms with van der Waals surface area (Å²) >= 11 is 0. The number of nitro groups is 2. The third kappa shape index (κ3) is 2.30. The monoisotopic (exact) mass is 302 g/mol. The number of benzene rings is 2. The van der Waals surface area contributed by atoms with E-state index >= 15 is 0 Å². The lowest BCUT2D eigenvalue weighted by Crippen LogP contribution is -2.03. The van der Waals surface area contributed by atoms with E-state index in [1.54, 1.807) is 19.9 Å². The number of aryl methyl sites for hydroxylation is 4. The predicted octanol–water partition coefficient (Wildman–Crippen LogP) is 4.40. The zero-order valence-electron chi connectivity index (χ0n) is 13.1. The van der Waals surface area contributed by atoms with Crippen molar-refractivity contribution >= 4 is 22.1 Å². The highest BCUT2D eigenvalue weighted by molar-refractivity contribution is 5.98. The molecule has 0 aliphatic rings. The van der Waals surface area contributed by atoms with Crippen molar-refractivity contribution < 1.29 is 9.85 Å². The molecule has 0 spiro atoms. The van der Waals surface area contributed by atoms with E-state index in [0.29, 0.717) is 29.5 Å². The summed E-state index contributed by atoms with van der Waals surface area (Å²) in [6.45, 7) is 7.25. The fourth-order valence-electron chi connectivity index (χ4n) is 3.13. The van der Waals surface area contributed by atoms with Gasteiger partial charge in [0.05, 0.1) is 9.85 Å². The Morgan fingerprint density at radius 3 is 1.95 bits per heavy atom. The van der Waals surface area contributed by atoms with E-state index in [2.05, 4.69) is 0 Å². The standard InChI is InChI=1S/C16H18N2O4/c1-5-11-8-14(18(21)22)12(6-2)15-9(3)7-13(17(19)20)10(4)16(11)15/h7-8H,5-6H2,1-4H3. The number of rotatable bonds is 4. The van der Waals surface area contributed by atoms with Gasteiger partial charge in [0.2, 0.25) is 0 Å². The molecule has 116 valence electrons. The van der Waals surface area contributed by atoms with Gasteiger partial charge in [0, 0.05) is 23.3 Å². The molecule has 6 nitrogen and oxygen atoms in total. The van der Waals surface area contributed by atoms with E-state index in [-0.39, 0.29) is 16.3 Å². The van der Waals surface area contributed by atoms with Crippen molar-refractivity contribution in [1.82, 2.24) is 0 Å².